The molecule has 5 rings (SSSR count). The molecule has 7 N–H and O–H groups in total. The zero-order valence-electron chi connectivity index (χ0n) is 24.3. The Labute approximate surface area is 267 Å². The van der Waals surface area contributed by atoms with Crippen molar-refractivity contribution in [2.75, 3.05) is 12.3 Å². The van der Waals surface area contributed by atoms with Gasteiger partial charge in [-0.25, -0.2) is 18.8 Å². The summed E-state index contributed by atoms with van der Waals surface area (Å²) in [5, 5.41) is 38.1. The molecule has 1 aromatic carbocycles. The fourth-order valence-corrected chi connectivity index (χ4v) is 5.42. The van der Waals surface area contributed by atoms with Crippen LogP contribution < -0.4 is 22.0 Å². The molecule has 1 fully saturated rings. The van der Waals surface area contributed by atoms with Crippen LogP contribution in [0.15, 0.2) is 44.1 Å². The highest BCUT2D eigenvalue weighted by molar-refractivity contribution is 7.84. The van der Waals surface area contributed by atoms with Gasteiger partial charge in [-0.15, -0.1) is 16.4 Å². The maximum atomic E-state index is 13.0. The minimum absolute atomic E-state index is 0.0306. The van der Waals surface area contributed by atoms with E-state index in [4.69, 9.17) is 19.5 Å². The second-order valence-electron chi connectivity index (χ2n) is 10.5. The Hall–Kier alpha value is -5.61. The molecule has 1 aliphatic heterocycles. The quantitative estimate of drug-likeness (QED) is 0.0270. The molecule has 20 nitrogen and oxygen atoms in total. The Morgan fingerprint density at radius 2 is 1.96 bits per heavy atom. The third-order valence-corrected chi connectivity index (χ3v) is 8.20. The van der Waals surface area contributed by atoms with Gasteiger partial charge >= 0.3 is 15.9 Å². The van der Waals surface area contributed by atoms with Crippen molar-refractivity contribution in [2.24, 2.45) is 5.16 Å². The van der Waals surface area contributed by atoms with Crippen LogP contribution in [0, 0.1) is 0 Å². The first kappa shape index (κ1) is 32.8. The molecule has 3 amide bonds. The number of hydrogen-bond acceptors (Lipinski definition) is 16. The molecule has 47 heavy (non-hydrogen) atoms. The lowest BCUT2D eigenvalue weighted by Crippen LogP contribution is -2.65. The molecule has 0 spiro atoms. The van der Waals surface area contributed by atoms with Crippen molar-refractivity contribution in [2.45, 2.75) is 38.6 Å². The average Bonchev–Trinajstić information content (AvgIpc) is 3.62. The highest BCUT2D eigenvalue weighted by Crippen LogP contribution is 2.31. The van der Waals surface area contributed by atoms with Crippen LogP contribution in [0.3, 0.4) is 0 Å². The number of fused-ring (bicyclic) bond motifs is 1. The predicted molar refractivity (Wildman–Crippen MR) is 160 cm³/mol. The number of nitrogens with one attached hydrogen (secondary N) is 2. The lowest BCUT2D eigenvalue weighted by atomic mass is 10.1. The number of amides is 3. The molecule has 1 atom stereocenters. The number of carbonyl (C=O) groups is 3. The van der Waals surface area contributed by atoms with Crippen LogP contribution in [-0.2, 0) is 42.6 Å². The Bertz CT molecular complexity index is 2100. The highest BCUT2D eigenvalue weighted by Gasteiger charge is 2.45. The Kier molecular flexibility index (Phi) is 8.57. The summed E-state index contributed by atoms with van der Waals surface area (Å²) in [5.74, 6) is -3.62. The van der Waals surface area contributed by atoms with Crippen molar-refractivity contribution in [3.63, 3.8) is 0 Å². The zero-order valence-corrected chi connectivity index (χ0v) is 25.9. The predicted octanol–water partition coefficient (Wildman–Crippen LogP) is -1.17. The number of carbonyl (C=O) groups excluding carboxylic acids is 3. The summed E-state index contributed by atoms with van der Waals surface area (Å²) in [5.41, 5.74) is 3.57. The van der Waals surface area contributed by atoms with E-state index in [0.29, 0.717) is 16.6 Å². The molecule has 0 radical (unpaired) electrons. The molecular weight excluding hydrogens is 666 g/mol. The highest BCUT2D eigenvalue weighted by atomic mass is 32.2. The van der Waals surface area contributed by atoms with Crippen molar-refractivity contribution >= 4 is 61.2 Å². The number of benzene rings is 1. The number of thiazole rings is 1. The number of anilines is 1. The summed E-state index contributed by atoms with van der Waals surface area (Å²) >= 11 is 0.970. The third-order valence-electron chi connectivity index (χ3n) is 6.64. The minimum Gasteiger partial charge on any atom is -0.504 e. The van der Waals surface area contributed by atoms with E-state index < -0.39 is 69.0 Å². The number of nitrogen functional groups attached to an aromatic ring is 1. The fourth-order valence-electron chi connectivity index (χ4n) is 4.18. The van der Waals surface area contributed by atoms with Crippen molar-refractivity contribution in [3.8, 4) is 11.5 Å². The first-order valence-corrected chi connectivity index (χ1v) is 15.5. The lowest BCUT2D eigenvalue weighted by molar-refractivity contribution is -0.143. The number of aromatic nitrogens is 4. The van der Waals surface area contributed by atoms with E-state index >= 15 is 0 Å². The molecule has 4 heterocycles. The maximum Gasteiger partial charge on any atom is 0.362 e. The Morgan fingerprint density at radius 3 is 2.62 bits per heavy atom. The summed E-state index contributed by atoms with van der Waals surface area (Å²) in [6, 6.07) is 2.28. The van der Waals surface area contributed by atoms with Gasteiger partial charge in [0.25, 0.3) is 17.7 Å². The largest absolute Gasteiger partial charge is 0.504 e. The van der Waals surface area contributed by atoms with Crippen molar-refractivity contribution < 1.29 is 46.8 Å². The van der Waals surface area contributed by atoms with Crippen molar-refractivity contribution in [1.82, 2.24) is 34.9 Å². The van der Waals surface area contributed by atoms with Gasteiger partial charge in [-0.05, 0) is 25.5 Å². The number of hydrogen-bond donors (Lipinski definition) is 6. The number of nitrogens with zero attached hydrogens (tertiary/aromatic N) is 6. The smallest absolute Gasteiger partial charge is 0.362 e. The van der Waals surface area contributed by atoms with Gasteiger partial charge < -0.3 is 35.8 Å². The number of aromatic hydroxyl groups is 2. The van der Waals surface area contributed by atoms with Gasteiger partial charge in [-0.3, -0.25) is 18.9 Å². The van der Waals surface area contributed by atoms with Crippen molar-refractivity contribution in [1.29, 1.82) is 0 Å². The Morgan fingerprint density at radius 1 is 1.23 bits per heavy atom. The van der Waals surface area contributed by atoms with Crippen LogP contribution in [-0.4, -0.2) is 89.1 Å². The number of oxime groups is 1. The second-order valence-corrected chi connectivity index (χ2v) is 12.7. The molecule has 1 saturated heterocycles. The molecule has 22 heteroatoms. The van der Waals surface area contributed by atoms with Crippen LogP contribution in [0.25, 0.3) is 11.0 Å². The van der Waals surface area contributed by atoms with Crippen LogP contribution >= 0.6 is 11.3 Å². The van der Waals surface area contributed by atoms with Gasteiger partial charge in [0.15, 0.2) is 22.3 Å². The van der Waals surface area contributed by atoms with Gasteiger partial charge in [0.2, 0.25) is 5.60 Å². The summed E-state index contributed by atoms with van der Waals surface area (Å²) < 4.78 is 38.0. The number of β-lactam (4-membered cyclic amide) rings is 1. The molecule has 0 saturated carbocycles. The zero-order chi connectivity index (χ0) is 34.3. The number of nitrogens with two attached hydrogens (primary N) is 1. The molecule has 4 aromatic rings. The van der Waals surface area contributed by atoms with E-state index in [9.17, 15) is 37.8 Å². The topological polar surface area (TPSA) is 295 Å². The van der Waals surface area contributed by atoms with Gasteiger partial charge in [0.05, 0.1) is 25.8 Å². The van der Waals surface area contributed by atoms with Crippen LogP contribution in [0.4, 0.5) is 5.13 Å². The summed E-state index contributed by atoms with van der Waals surface area (Å²) in [4.78, 5) is 59.4. The van der Waals surface area contributed by atoms with Gasteiger partial charge in [0.1, 0.15) is 23.0 Å². The van der Waals surface area contributed by atoms with E-state index in [1.165, 1.54) is 42.2 Å². The molecule has 3 aromatic heterocycles. The van der Waals surface area contributed by atoms with E-state index in [1.54, 1.807) is 0 Å². The van der Waals surface area contributed by atoms with E-state index in [0.717, 1.165) is 17.4 Å². The molecule has 0 bridgehead atoms. The molecular formula is C25H25N9O11S2. The fraction of sp³-hybridized carbons (Fsp3) is 0.280. The lowest BCUT2D eigenvalue weighted by Gasteiger charge is -2.35. The first-order valence-electron chi connectivity index (χ1n) is 13.2. The standard InChI is InChI=1S/C25H25N9O11S2/c1-25(2,45-31-20(15-10-46-24(26)29-15)21(38)28-14-9-34(22(14)39)47(41,42)43)23(40)27-6-12-8-33(32-30-12)7-11-3-19(37)44-18-5-17(36)16(35)4-13(11)18/h3-5,8,10,14,35-36H,6-7,9H2,1-2H3,(H2,26,29)(H,27,40)(H,28,38)(H,41,42,43)/t14-/m0/s1. The SMILES string of the molecule is CC(C)(ON=C(C(=O)N[C@H]1CN(S(=O)(=O)O)C1=O)c1csc(N)n1)C(=O)NCc1cn(Cc2cc(=O)oc3cc(O)c(O)cc23)nn1. The minimum atomic E-state index is -4.78. The van der Waals surface area contributed by atoms with Crippen LogP contribution in [0.2, 0.25) is 0 Å². The van der Waals surface area contributed by atoms with Crippen LogP contribution in [0.1, 0.15) is 30.8 Å². The normalized spacial score (nSPS) is 15.4. The summed E-state index contributed by atoms with van der Waals surface area (Å²) in [7, 11) is -4.78. The van der Waals surface area contributed by atoms with Crippen LogP contribution in [0.5, 0.6) is 11.5 Å². The van der Waals surface area contributed by atoms with E-state index in [-0.39, 0.29) is 33.8 Å². The van der Waals surface area contributed by atoms with Gasteiger partial charge in [0, 0.05) is 22.9 Å². The Balaban J connectivity index is 1.24. The van der Waals surface area contributed by atoms with Crippen molar-refractivity contribution in [3.05, 3.63) is 57.1 Å². The molecule has 0 unspecified atom stereocenters. The number of phenols is 2. The van der Waals surface area contributed by atoms with E-state index in [1.807, 2.05) is 0 Å². The second kappa shape index (κ2) is 12.3. The number of phenolic OH excluding ortho intramolecular Hbond substituents is 2. The third kappa shape index (κ3) is 7.13. The molecule has 0 aliphatic carbocycles. The summed E-state index contributed by atoms with van der Waals surface area (Å²) in [6.45, 7) is 2.11. The molecule has 1 aliphatic rings. The maximum absolute atomic E-state index is 13.0. The monoisotopic (exact) mass is 691 g/mol. The summed E-state index contributed by atoms with van der Waals surface area (Å²) in [6.07, 6.45) is 1.49. The number of rotatable bonds is 11. The van der Waals surface area contributed by atoms with Gasteiger partial charge in [-0.2, -0.15) is 8.42 Å². The molecule has 248 valence electrons. The van der Waals surface area contributed by atoms with Gasteiger partial charge in [-0.1, -0.05) is 10.4 Å². The average molecular weight is 692 g/mol. The van der Waals surface area contributed by atoms with E-state index in [2.05, 4.69) is 31.1 Å². The first-order chi connectivity index (χ1) is 22.0.